The number of furan rings is 2. The summed E-state index contributed by atoms with van der Waals surface area (Å²) >= 11 is 0. The fraction of sp³-hybridized carbons (Fsp3) is 0. The molecule has 0 saturated carbocycles. The Kier molecular flexibility index (Phi) is 13.9. The summed E-state index contributed by atoms with van der Waals surface area (Å²) in [4.78, 5) is 34.4. The zero-order valence-electron chi connectivity index (χ0n) is 53.6. The van der Waals surface area contributed by atoms with Crippen LogP contribution in [0.4, 0.5) is 0 Å². The monoisotopic (exact) mass is 1280 g/mol. The minimum Gasteiger partial charge on any atom is -0.456 e. The Labute approximate surface area is 572 Å². The third kappa shape index (κ3) is 10.3. The van der Waals surface area contributed by atoms with Crippen molar-refractivity contribution in [3.8, 4) is 102 Å². The predicted molar refractivity (Wildman–Crippen MR) is 404 cm³/mol. The van der Waals surface area contributed by atoms with Crippen LogP contribution in [0.5, 0.6) is 0 Å². The molecule has 0 aliphatic rings. The number of benzene rings is 13. The summed E-state index contributed by atoms with van der Waals surface area (Å²) in [6.45, 7) is 0. The minimum absolute atomic E-state index is 0.574. The zero-order valence-corrected chi connectivity index (χ0v) is 53.6. The van der Waals surface area contributed by atoms with Crippen LogP contribution >= 0.6 is 0 Å². The van der Waals surface area contributed by atoms with Gasteiger partial charge in [0.25, 0.3) is 0 Å². The standard InChI is InChI=1S/C45H28N4O.C44H27N5O/c1-3-12-29(13-4-1)43-46-44(30-14-5-2-6-15-30)48-45(47-43)33-16-11-17-34(26-33)49-39-20-9-7-18-35(39)38-27-31(23-25-40(38)49)32-22-24-37-36-19-8-10-21-41(36)50-42(37)28-32;1-3-11-28(12-4-1)42-46-43(29-13-5-2-6-14-29)48-44(47-42)32-21-24-41(45-27-32)49-37-17-9-7-15-33(37)36-25-30(20-23-38(36)49)31-19-22-35-34-16-8-10-18-39(34)50-40(35)26-31/h1-28H;1-27H. The molecule has 11 heteroatoms. The highest BCUT2D eigenvalue weighted by Crippen LogP contribution is 2.41. The third-order valence-corrected chi connectivity index (χ3v) is 18.8. The quantitative estimate of drug-likeness (QED) is 0.132. The van der Waals surface area contributed by atoms with Crippen LogP contribution in [0.3, 0.4) is 0 Å². The molecule has 100 heavy (non-hydrogen) atoms. The molecule has 0 bridgehead atoms. The van der Waals surface area contributed by atoms with Gasteiger partial charge in [0.2, 0.25) is 0 Å². The molecule has 0 radical (unpaired) electrons. The maximum absolute atomic E-state index is 6.23. The van der Waals surface area contributed by atoms with Crippen LogP contribution in [0.2, 0.25) is 0 Å². The lowest BCUT2D eigenvalue weighted by Gasteiger charge is -2.12. The van der Waals surface area contributed by atoms with Crippen LogP contribution in [0, 0.1) is 0 Å². The normalized spacial score (nSPS) is 11.6. The summed E-state index contributed by atoms with van der Waals surface area (Å²) in [7, 11) is 0. The van der Waals surface area contributed by atoms with E-state index in [1.54, 1.807) is 0 Å². The molecule has 0 spiro atoms. The van der Waals surface area contributed by atoms with Gasteiger partial charge < -0.3 is 13.4 Å². The molecule has 0 atom stereocenters. The second-order valence-electron chi connectivity index (χ2n) is 24.8. The molecule has 0 saturated heterocycles. The number of aromatic nitrogens is 9. The highest BCUT2D eigenvalue weighted by atomic mass is 16.3. The number of hydrogen-bond donors (Lipinski definition) is 0. The Bertz CT molecular complexity index is 6410. The zero-order chi connectivity index (χ0) is 66.0. The van der Waals surface area contributed by atoms with Crippen LogP contribution in [0.15, 0.2) is 343 Å². The highest BCUT2D eigenvalue weighted by molar-refractivity contribution is 6.13. The average Bonchev–Trinajstić information content (AvgIpc) is 1.61. The van der Waals surface area contributed by atoms with Crippen molar-refractivity contribution < 1.29 is 8.83 Å². The summed E-state index contributed by atoms with van der Waals surface area (Å²) in [6.07, 6.45) is 1.85. The average molecular weight is 1280 g/mol. The molecule has 11 nitrogen and oxygen atoms in total. The summed E-state index contributed by atoms with van der Waals surface area (Å²) in [5.41, 5.74) is 19.1. The Balaban J connectivity index is 0.000000139. The van der Waals surface area contributed by atoms with Gasteiger partial charge in [-0.1, -0.05) is 231 Å². The van der Waals surface area contributed by atoms with Crippen LogP contribution < -0.4 is 0 Å². The number of fused-ring (bicyclic) bond motifs is 12. The summed E-state index contributed by atoms with van der Waals surface area (Å²) in [6, 6.07) is 113. The Morgan fingerprint density at radius 1 is 0.200 bits per heavy atom. The molecule has 0 aliphatic carbocycles. The van der Waals surface area contributed by atoms with E-state index in [-0.39, 0.29) is 0 Å². The van der Waals surface area contributed by atoms with Gasteiger partial charge in [-0.3, -0.25) is 4.57 Å². The van der Waals surface area contributed by atoms with Crippen LogP contribution in [0.1, 0.15) is 0 Å². The van der Waals surface area contributed by atoms with E-state index < -0.39 is 0 Å². The maximum Gasteiger partial charge on any atom is 0.165 e. The Morgan fingerprint density at radius 3 is 1.00 bits per heavy atom. The van der Waals surface area contributed by atoms with E-state index >= 15 is 0 Å². The van der Waals surface area contributed by atoms with Crippen LogP contribution in [-0.2, 0) is 0 Å². The number of para-hydroxylation sites is 4. The van der Waals surface area contributed by atoms with E-state index in [2.05, 4.69) is 173 Å². The summed E-state index contributed by atoms with van der Waals surface area (Å²) in [5.74, 6) is 4.55. The van der Waals surface area contributed by atoms with E-state index in [0.29, 0.717) is 34.9 Å². The highest BCUT2D eigenvalue weighted by Gasteiger charge is 2.21. The molecule has 7 heterocycles. The van der Waals surface area contributed by atoms with Gasteiger partial charge >= 0.3 is 0 Å². The maximum atomic E-state index is 6.23. The van der Waals surface area contributed by atoms with E-state index in [4.69, 9.17) is 43.7 Å². The van der Waals surface area contributed by atoms with Crippen molar-refractivity contribution in [2.75, 3.05) is 0 Å². The lowest BCUT2D eigenvalue weighted by atomic mass is 10.0. The first-order valence-electron chi connectivity index (χ1n) is 33.2. The molecule has 0 amide bonds. The smallest absolute Gasteiger partial charge is 0.165 e. The first-order chi connectivity index (χ1) is 49.5. The first kappa shape index (κ1) is 57.7. The second-order valence-corrected chi connectivity index (χ2v) is 24.8. The molecule has 20 rings (SSSR count). The molecule has 13 aromatic carbocycles. The first-order valence-corrected chi connectivity index (χ1v) is 33.2. The van der Waals surface area contributed by atoms with Crippen molar-refractivity contribution in [1.29, 1.82) is 0 Å². The van der Waals surface area contributed by atoms with E-state index in [1.165, 1.54) is 10.8 Å². The molecule has 468 valence electrons. The molecule has 7 aromatic heterocycles. The van der Waals surface area contributed by atoms with Gasteiger partial charge in [-0.2, -0.15) is 0 Å². The summed E-state index contributed by atoms with van der Waals surface area (Å²) in [5, 5.41) is 9.23. The van der Waals surface area contributed by atoms with Crippen LogP contribution in [0.25, 0.3) is 190 Å². The van der Waals surface area contributed by atoms with Gasteiger partial charge in [-0.15, -0.1) is 0 Å². The fourth-order valence-electron chi connectivity index (χ4n) is 14.0. The number of rotatable bonds is 10. The largest absolute Gasteiger partial charge is 0.456 e. The van der Waals surface area contributed by atoms with Gasteiger partial charge in [-0.05, 0) is 119 Å². The summed E-state index contributed by atoms with van der Waals surface area (Å²) < 4.78 is 17.0. The van der Waals surface area contributed by atoms with Gasteiger partial charge in [0.05, 0.1) is 22.1 Å². The molecular weight excluding hydrogens is 1230 g/mol. The van der Waals surface area contributed by atoms with E-state index in [1.807, 2.05) is 170 Å². The molecule has 0 aliphatic heterocycles. The second kappa shape index (κ2) is 24.2. The SMILES string of the molecule is c1ccc(-c2nc(-c3ccccc3)nc(-c3ccc(-n4c5ccccc5c5cc(-c6ccc7c(c6)oc6ccccc67)ccc54)nc3)n2)cc1.c1ccc(-c2nc(-c3ccccc3)nc(-c3cccc(-n4c5ccccc5c5cc(-c6ccc7c(c6)oc6ccccc67)ccc54)c3)n2)cc1. The topological polar surface area (TPSA) is 126 Å². The van der Waals surface area contributed by atoms with Crippen molar-refractivity contribution in [3.05, 3.63) is 334 Å². The predicted octanol–water partition coefficient (Wildman–Crippen LogP) is 22.5. The van der Waals surface area contributed by atoms with Crippen molar-refractivity contribution in [3.63, 3.8) is 0 Å². The lowest BCUT2D eigenvalue weighted by molar-refractivity contribution is 0.668. The third-order valence-electron chi connectivity index (χ3n) is 18.8. The van der Waals surface area contributed by atoms with Gasteiger partial charge in [0.15, 0.2) is 34.9 Å². The van der Waals surface area contributed by atoms with E-state index in [9.17, 15) is 0 Å². The van der Waals surface area contributed by atoms with Crippen molar-refractivity contribution in [2.45, 2.75) is 0 Å². The van der Waals surface area contributed by atoms with Gasteiger partial charge in [0, 0.05) is 88.4 Å². The van der Waals surface area contributed by atoms with Gasteiger partial charge in [-0.25, -0.2) is 34.9 Å². The Morgan fingerprint density at radius 2 is 0.540 bits per heavy atom. The van der Waals surface area contributed by atoms with Gasteiger partial charge in [0.1, 0.15) is 28.1 Å². The minimum atomic E-state index is 0.574. The molecular formula is C89H55N9O2. The molecule has 0 unspecified atom stereocenters. The van der Waals surface area contributed by atoms with Crippen molar-refractivity contribution >= 4 is 87.5 Å². The number of nitrogens with zero attached hydrogens (tertiary/aromatic N) is 9. The lowest BCUT2D eigenvalue weighted by Crippen LogP contribution is -2.01. The Hall–Kier alpha value is -13.8. The number of hydrogen-bond acceptors (Lipinski definition) is 9. The van der Waals surface area contributed by atoms with Crippen molar-refractivity contribution in [1.82, 2.24) is 44.0 Å². The van der Waals surface area contributed by atoms with E-state index in [0.717, 1.165) is 144 Å². The van der Waals surface area contributed by atoms with Crippen LogP contribution in [-0.4, -0.2) is 44.0 Å². The molecule has 0 N–H and O–H groups in total. The van der Waals surface area contributed by atoms with Crippen molar-refractivity contribution in [2.24, 2.45) is 0 Å². The number of pyridine rings is 1. The molecule has 20 aromatic rings. The fourth-order valence-corrected chi connectivity index (χ4v) is 14.0. The molecule has 0 fully saturated rings.